The number of hydrogen-bond donors (Lipinski definition) is 1. The number of methoxy groups -OCH3 is 1. The Balaban J connectivity index is 2.21. The van der Waals surface area contributed by atoms with E-state index in [0.29, 0.717) is 12.4 Å². The molecule has 0 aliphatic carbocycles. The van der Waals surface area contributed by atoms with Crippen molar-refractivity contribution >= 4 is 21.7 Å². The number of ether oxygens (including phenoxy) is 1. The molecule has 0 unspecified atom stereocenters. The SMILES string of the molecule is COc1ccc(Cn2cc(Br)c(N)n2)cc1F. The Labute approximate surface area is 106 Å². The van der Waals surface area contributed by atoms with Crippen molar-refractivity contribution in [2.45, 2.75) is 6.54 Å². The molecule has 2 rings (SSSR count). The molecule has 1 aromatic heterocycles. The third-order valence-electron chi connectivity index (χ3n) is 2.30. The van der Waals surface area contributed by atoms with E-state index in [9.17, 15) is 4.39 Å². The Morgan fingerprint density at radius 2 is 2.29 bits per heavy atom. The number of hydrogen-bond acceptors (Lipinski definition) is 3. The minimum absolute atomic E-state index is 0.231. The van der Waals surface area contributed by atoms with Crippen LogP contribution in [0.25, 0.3) is 0 Å². The van der Waals surface area contributed by atoms with E-state index in [4.69, 9.17) is 10.5 Å². The molecule has 0 bridgehead atoms. The lowest BCUT2D eigenvalue weighted by Gasteiger charge is -2.05. The van der Waals surface area contributed by atoms with Gasteiger partial charge in [-0.1, -0.05) is 6.07 Å². The van der Waals surface area contributed by atoms with Gasteiger partial charge in [-0.3, -0.25) is 4.68 Å². The minimum atomic E-state index is -0.385. The number of nitrogens with two attached hydrogens (primary N) is 1. The third-order valence-corrected chi connectivity index (χ3v) is 2.92. The summed E-state index contributed by atoms with van der Waals surface area (Å²) >= 11 is 3.26. The van der Waals surface area contributed by atoms with Gasteiger partial charge in [-0.25, -0.2) is 4.39 Å². The molecule has 2 N–H and O–H groups in total. The van der Waals surface area contributed by atoms with Gasteiger partial charge in [0, 0.05) is 6.20 Å². The van der Waals surface area contributed by atoms with Crippen LogP contribution < -0.4 is 10.5 Å². The van der Waals surface area contributed by atoms with E-state index in [1.807, 2.05) is 0 Å². The summed E-state index contributed by atoms with van der Waals surface area (Å²) in [7, 11) is 1.43. The van der Waals surface area contributed by atoms with Gasteiger partial charge in [0.1, 0.15) is 0 Å². The summed E-state index contributed by atoms with van der Waals surface area (Å²) in [5, 5.41) is 4.07. The largest absolute Gasteiger partial charge is 0.494 e. The average Bonchev–Trinajstić information content (AvgIpc) is 2.58. The van der Waals surface area contributed by atoms with Crippen LogP contribution in [-0.4, -0.2) is 16.9 Å². The summed E-state index contributed by atoms with van der Waals surface area (Å²) in [6.07, 6.45) is 1.75. The molecule has 4 nitrogen and oxygen atoms in total. The van der Waals surface area contributed by atoms with Crippen LogP contribution in [0.3, 0.4) is 0 Å². The van der Waals surface area contributed by atoms with Crippen molar-refractivity contribution in [1.29, 1.82) is 0 Å². The molecule has 0 fully saturated rings. The quantitative estimate of drug-likeness (QED) is 0.947. The Hall–Kier alpha value is -1.56. The smallest absolute Gasteiger partial charge is 0.165 e. The van der Waals surface area contributed by atoms with Gasteiger partial charge in [-0.05, 0) is 33.6 Å². The highest BCUT2D eigenvalue weighted by molar-refractivity contribution is 9.10. The zero-order chi connectivity index (χ0) is 12.4. The third kappa shape index (κ3) is 2.58. The molecule has 90 valence electrons. The van der Waals surface area contributed by atoms with Crippen LogP contribution in [-0.2, 0) is 6.54 Å². The van der Waals surface area contributed by atoms with Crippen LogP contribution in [0.15, 0.2) is 28.9 Å². The molecule has 1 heterocycles. The zero-order valence-electron chi connectivity index (χ0n) is 9.15. The first-order chi connectivity index (χ1) is 8.10. The van der Waals surface area contributed by atoms with Gasteiger partial charge in [0.2, 0.25) is 0 Å². The molecule has 1 aromatic carbocycles. The molecular weight excluding hydrogens is 289 g/mol. The van der Waals surface area contributed by atoms with Gasteiger partial charge in [-0.2, -0.15) is 5.10 Å². The standard InChI is InChI=1S/C11H11BrFN3O/c1-17-10-3-2-7(4-9(10)13)5-16-6-8(12)11(14)15-16/h2-4,6H,5H2,1H3,(H2,14,15). The fourth-order valence-corrected chi connectivity index (χ4v) is 1.80. The minimum Gasteiger partial charge on any atom is -0.494 e. The molecular formula is C11H11BrFN3O. The lowest BCUT2D eigenvalue weighted by molar-refractivity contribution is 0.386. The number of benzene rings is 1. The fraction of sp³-hybridized carbons (Fsp3) is 0.182. The van der Waals surface area contributed by atoms with Crippen LogP contribution in [0.4, 0.5) is 10.2 Å². The summed E-state index contributed by atoms with van der Waals surface area (Å²) in [4.78, 5) is 0. The lowest BCUT2D eigenvalue weighted by Crippen LogP contribution is -2.02. The highest BCUT2D eigenvalue weighted by Crippen LogP contribution is 2.20. The topological polar surface area (TPSA) is 53.1 Å². The second-order valence-electron chi connectivity index (χ2n) is 3.53. The van der Waals surface area contributed by atoms with Gasteiger partial charge in [0.15, 0.2) is 17.4 Å². The van der Waals surface area contributed by atoms with E-state index in [-0.39, 0.29) is 11.6 Å². The summed E-state index contributed by atoms with van der Waals surface area (Å²) in [5.74, 6) is 0.262. The molecule has 0 saturated carbocycles. The molecule has 0 aliphatic heterocycles. The first-order valence-corrected chi connectivity index (χ1v) is 5.70. The maximum atomic E-state index is 13.4. The number of rotatable bonds is 3. The van der Waals surface area contributed by atoms with Crippen molar-refractivity contribution in [3.05, 3.63) is 40.2 Å². The molecule has 0 atom stereocenters. The Bertz CT molecular complexity index is 522. The predicted octanol–water partition coefficient (Wildman–Crippen LogP) is 2.42. The van der Waals surface area contributed by atoms with Crippen LogP contribution in [0, 0.1) is 5.82 Å². The molecule has 0 spiro atoms. The van der Waals surface area contributed by atoms with Gasteiger partial charge >= 0.3 is 0 Å². The predicted molar refractivity (Wildman–Crippen MR) is 66.4 cm³/mol. The van der Waals surface area contributed by atoms with Crippen LogP contribution in [0.2, 0.25) is 0 Å². The Kier molecular flexibility index (Phi) is 3.33. The first kappa shape index (κ1) is 11.9. The summed E-state index contributed by atoms with van der Waals surface area (Å²) < 4.78 is 20.7. The first-order valence-electron chi connectivity index (χ1n) is 4.91. The molecule has 0 saturated heterocycles. The van der Waals surface area contributed by atoms with E-state index in [1.54, 1.807) is 23.0 Å². The number of halogens is 2. The number of anilines is 1. The lowest BCUT2D eigenvalue weighted by atomic mass is 10.2. The molecule has 0 radical (unpaired) electrons. The highest BCUT2D eigenvalue weighted by Gasteiger charge is 2.06. The maximum absolute atomic E-state index is 13.4. The normalized spacial score (nSPS) is 10.5. The molecule has 6 heteroatoms. The number of aromatic nitrogens is 2. The van der Waals surface area contributed by atoms with Crippen molar-refractivity contribution < 1.29 is 9.13 Å². The van der Waals surface area contributed by atoms with Gasteiger partial charge in [0.25, 0.3) is 0 Å². The fourth-order valence-electron chi connectivity index (χ4n) is 1.49. The van der Waals surface area contributed by atoms with Crippen LogP contribution >= 0.6 is 15.9 Å². The van der Waals surface area contributed by atoms with E-state index in [2.05, 4.69) is 21.0 Å². The molecule has 2 aromatic rings. The molecule has 0 aliphatic rings. The summed E-state index contributed by atoms with van der Waals surface area (Å²) in [5.41, 5.74) is 6.39. The van der Waals surface area contributed by atoms with Crippen LogP contribution in [0.5, 0.6) is 5.75 Å². The number of nitrogen functional groups attached to an aromatic ring is 1. The zero-order valence-corrected chi connectivity index (χ0v) is 10.7. The van der Waals surface area contributed by atoms with Crippen molar-refractivity contribution in [1.82, 2.24) is 9.78 Å². The van der Waals surface area contributed by atoms with Gasteiger partial charge in [0.05, 0.1) is 18.1 Å². The maximum Gasteiger partial charge on any atom is 0.165 e. The second kappa shape index (κ2) is 4.75. The second-order valence-corrected chi connectivity index (χ2v) is 4.38. The summed E-state index contributed by atoms with van der Waals surface area (Å²) in [6, 6.07) is 4.80. The number of nitrogens with zero attached hydrogens (tertiary/aromatic N) is 2. The Morgan fingerprint density at radius 3 is 2.82 bits per heavy atom. The average molecular weight is 300 g/mol. The van der Waals surface area contributed by atoms with E-state index < -0.39 is 0 Å². The van der Waals surface area contributed by atoms with Crippen molar-refractivity contribution in [2.75, 3.05) is 12.8 Å². The van der Waals surface area contributed by atoms with Crippen molar-refractivity contribution in [2.24, 2.45) is 0 Å². The molecule has 17 heavy (non-hydrogen) atoms. The van der Waals surface area contributed by atoms with E-state index in [0.717, 1.165) is 10.0 Å². The van der Waals surface area contributed by atoms with Gasteiger partial charge < -0.3 is 10.5 Å². The monoisotopic (exact) mass is 299 g/mol. The van der Waals surface area contributed by atoms with Gasteiger partial charge in [-0.15, -0.1) is 0 Å². The van der Waals surface area contributed by atoms with E-state index in [1.165, 1.54) is 13.2 Å². The van der Waals surface area contributed by atoms with E-state index >= 15 is 0 Å². The van der Waals surface area contributed by atoms with Crippen molar-refractivity contribution in [3.63, 3.8) is 0 Å². The highest BCUT2D eigenvalue weighted by atomic mass is 79.9. The van der Waals surface area contributed by atoms with Crippen molar-refractivity contribution in [3.8, 4) is 5.75 Å². The molecule has 0 amide bonds. The Morgan fingerprint density at radius 1 is 1.53 bits per heavy atom. The summed E-state index contributed by atoms with van der Waals surface area (Å²) in [6.45, 7) is 0.455. The van der Waals surface area contributed by atoms with Crippen LogP contribution in [0.1, 0.15) is 5.56 Å².